The van der Waals surface area contributed by atoms with E-state index in [-0.39, 0.29) is 12.3 Å². The van der Waals surface area contributed by atoms with E-state index in [1.54, 1.807) is 42.5 Å². The van der Waals surface area contributed by atoms with Crippen molar-refractivity contribution >= 4 is 23.3 Å². The molecule has 2 aromatic rings. The molecular formula is C16H16N2O3. The molecule has 21 heavy (non-hydrogen) atoms. The van der Waals surface area contributed by atoms with Crippen LogP contribution < -0.4 is 11.1 Å². The number of aryl methyl sites for hydroxylation is 1. The first-order valence-electron chi connectivity index (χ1n) is 6.52. The van der Waals surface area contributed by atoms with Gasteiger partial charge < -0.3 is 16.2 Å². The monoisotopic (exact) mass is 284 g/mol. The van der Waals surface area contributed by atoms with Gasteiger partial charge in [0.05, 0.1) is 0 Å². The van der Waals surface area contributed by atoms with Crippen molar-refractivity contribution in [1.82, 2.24) is 0 Å². The summed E-state index contributed by atoms with van der Waals surface area (Å²) in [7, 11) is 0. The second kappa shape index (κ2) is 6.56. The normalized spacial score (nSPS) is 10.1. The van der Waals surface area contributed by atoms with E-state index in [1.807, 2.05) is 6.07 Å². The van der Waals surface area contributed by atoms with Crippen molar-refractivity contribution in [2.24, 2.45) is 0 Å². The van der Waals surface area contributed by atoms with E-state index in [0.29, 0.717) is 23.4 Å². The zero-order valence-corrected chi connectivity index (χ0v) is 11.4. The summed E-state index contributed by atoms with van der Waals surface area (Å²) in [5, 5.41) is 11.5. The second-order valence-corrected chi connectivity index (χ2v) is 4.67. The van der Waals surface area contributed by atoms with Crippen LogP contribution in [0.25, 0.3) is 0 Å². The molecule has 5 heteroatoms. The summed E-state index contributed by atoms with van der Waals surface area (Å²) < 4.78 is 0. The molecule has 0 spiro atoms. The molecule has 0 fully saturated rings. The van der Waals surface area contributed by atoms with Crippen LogP contribution in [-0.4, -0.2) is 17.0 Å². The van der Waals surface area contributed by atoms with Crippen molar-refractivity contribution in [2.75, 3.05) is 11.1 Å². The van der Waals surface area contributed by atoms with Gasteiger partial charge in [0.15, 0.2) is 0 Å². The van der Waals surface area contributed by atoms with Crippen molar-refractivity contribution < 1.29 is 14.7 Å². The molecule has 2 aromatic carbocycles. The van der Waals surface area contributed by atoms with Crippen LogP contribution in [0.4, 0.5) is 11.4 Å². The topological polar surface area (TPSA) is 92.4 Å². The van der Waals surface area contributed by atoms with Crippen LogP contribution in [-0.2, 0) is 11.2 Å². The van der Waals surface area contributed by atoms with Gasteiger partial charge in [-0.1, -0.05) is 12.1 Å². The highest BCUT2D eigenvalue weighted by atomic mass is 16.4. The number of amides is 1. The van der Waals surface area contributed by atoms with Crippen LogP contribution in [0.3, 0.4) is 0 Å². The Morgan fingerprint density at radius 1 is 1.10 bits per heavy atom. The number of carboxylic acids is 1. The Balaban J connectivity index is 2.05. The van der Waals surface area contributed by atoms with Gasteiger partial charge in [-0.2, -0.15) is 0 Å². The van der Waals surface area contributed by atoms with Crippen LogP contribution in [0, 0.1) is 0 Å². The molecule has 0 heterocycles. The van der Waals surface area contributed by atoms with Crippen molar-refractivity contribution in [3.8, 4) is 0 Å². The first-order chi connectivity index (χ1) is 10.0. The SMILES string of the molecule is Nc1ccc(C(=O)Nc2cccc(CCC(=O)O)c2)cc1. The fourth-order valence-corrected chi connectivity index (χ4v) is 1.89. The lowest BCUT2D eigenvalue weighted by atomic mass is 10.1. The maximum Gasteiger partial charge on any atom is 0.303 e. The first-order valence-corrected chi connectivity index (χ1v) is 6.52. The number of carbonyl (C=O) groups excluding carboxylic acids is 1. The summed E-state index contributed by atoms with van der Waals surface area (Å²) in [5.41, 5.74) is 8.20. The molecule has 0 saturated carbocycles. The predicted octanol–water partition coefficient (Wildman–Crippen LogP) is 2.54. The molecule has 0 atom stereocenters. The summed E-state index contributed by atoms with van der Waals surface area (Å²) in [6.07, 6.45) is 0.496. The van der Waals surface area contributed by atoms with Crippen LogP contribution >= 0.6 is 0 Å². The third-order valence-electron chi connectivity index (χ3n) is 2.99. The lowest BCUT2D eigenvalue weighted by molar-refractivity contribution is -0.136. The van der Waals surface area contributed by atoms with Gasteiger partial charge >= 0.3 is 5.97 Å². The fraction of sp³-hybridized carbons (Fsp3) is 0.125. The number of hydrogen-bond donors (Lipinski definition) is 3. The highest BCUT2D eigenvalue weighted by Crippen LogP contribution is 2.14. The van der Waals surface area contributed by atoms with E-state index in [0.717, 1.165) is 5.56 Å². The Kier molecular flexibility index (Phi) is 4.56. The number of benzene rings is 2. The summed E-state index contributed by atoms with van der Waals surface area (Å²) in [6, 6.07) is 13.8. The fourth-order valence-electron chi connectivity index (χ4n) is 1.89. The van der Waals surface area contributed by atoms with Gasteiger partial charge in [-0.25, -0.2) is 0 Å². The highest BCUT2D eigenvalue weighted by Gasteiger charge is 2.06. The molecule has 0 aliphatic rings. The quantitative estimate of drug-likeness (QED) is 0.736. The van der Waals surface area contributed by atoms with E-state index < -0.39 is 5.97 Å². The van der Waals surface area contributed by atoms with Gasteiger partial charge in [-0.05, 0) is 48.4 Å². The molecule has 108 valence electrons. The molecular weight excluding hydrogens is 268 g/mol. The van der Waals surface area contributed by atoms with Crippen LogP contribution in [0.15, 0.2) is 48.5 Å². The van der Waals surface area contributed by atoms with Crippen LogP contribution in [0.1, 0.15) is 22.3 Å². The summed E-state index contributed by atoms with van der Waals surface area (Å²) in [5.74, 6) is -1.07. The third kappa shape index (κ3) is 4.35. The molecule has 0 radical (unpaired) electrons. The van der Waals surface area contributed by atoms with E-state index >= 15 is 0 Å². The van der Waals surface area contributed by atoms with E-state index in [2.05, 4.69) is 5.32 Å². The Morgan fingerprint density at radius 2 is 1.81 bits per heavy atom. The van der Waals surface area contributed by atoms with Gasteiger partial charge in [-0.15, -0.1) is 0 Å². The minimum atomic E-state index is -0.841. The number of nitrogens with one attached hydrogen (secondary N) is 1. The average Bonchev–Trinajstić information content (AvgIpc) is 2.46. The maximum absolute atomic E-state index is 12.1. The molecule has 2 rings (SSSR count). The largest absolute Gasteiger partial charge is 0.481 e. The zero-order chi connectivity index (χ0) is 15.2. The molecule has 0 aliphatic heterocycles. The van der Waals surface area contributed by atoms with Gasteiger partial charge in [0.2, 0.25) is 0 Å². The Morgan fingerprint density at radius 3 is 2.48 bits per heavy atom. The second-order valence-electron chi connectivity index (χ2n) is 4.67. The number of hydrogen-bond acceptors (Lipinski definition) is 3. The average molecular weight is 284 g/mol. The van der Waals surface area contributed by atoms with Crippen LogP contribution in [0.2, 0.25) is 0 Å². The number of carbonyl (C=O) groups is 2. The van der Waals surface area contributed by atoms with Crippen molar-refractivity contribution in [3.05, 3.63) is 59.7 Å². The Labute approximate surface area is 122 Å². The summed E-state index contributed by atoms with van der Waals surface area (Å²) in [4.78, 5) is 22.6. The first kappa shape index (κ1) is 14.6. The van der Waals surface area contributed by atoms with E-state index in [1.165, 1.54) is 0 Å². The number of aliphatic carboxylic acids is 1. The lowest BCUT2D eigenvalue weighted by Gasteiger charge is -2.07. The molecule has 0 bridgehead atoms. The highest BCUT2D eigenvalue weighted by molar-refractivity contribution is 6.04. The maximum atomic E-state index is 12.1. The number of nitrogens with two attached hydrogens (primary N) is 1. The predicted molar refractivity (Wildman–Crippen MR) is 81.2 cm³/mol. The Hall–Kier alpha value is -2.82. The van der Waals surface area contributed by atoms with Crippen molar-refractivity contribution in [3.63, 3.8) is 0 Å². The summed E-state index contributed by atoms with van der Waals surface area (Å²) >= 11 is 0. The molecule has 0 aliphatic carbocycles. The third-order valence-corrected chi connectivity index (χ3v) is 2.99. The number of carboxylic acid groups (broad SMARTS) is 1. The number of anilines is 2. The van der Waals surface area contributed by atoms with E-state index in [9.17, 15) is 9.59 Å². The van der Waals surface area contributed by atoms with Crippen LogP contribution in [0.5, 0.6) is 0 Å². The standard InChI is InChI=1S/C16H16N2O3/c17-13-7-5-12(6-8-13)16(21)18-14-3-1-2-11(10-14)4-9-15(19)20/h1-3,5-8,10H,4,9,17H2,(H,18,21)(H,19,20). The van der Waals surface area contributed by atoms with Gasteiger partial charge in [-0.3, -0.25) is 9.59 Å². The molecule has 0 saturated heterocycles. The lowest BCUT2D eigenvalue weighted by Crippen LogP contribution is -2.12. The molecule has 1 amide bonds. The number of nitrogen functional groups attached to an aromatic ring is 1. The molecule has 0 aromatic heterocycles. The van der Waals surface area contributed by atoms with Gasteiger partial charge in [0.1, 0.15) is 0 Å². The van der Waals surface area contributed by atoms with Gasteiger partial charge in [0.25, 0.3) is 5.91 Å². The molecule has 4 N–H and O–H groups in total. The number of rotatable bonds is 5. The van der Waals surface area contributed by atoms with Crippen molar-refractivity contribution in [2.45, 2.75) is 12.8 Å². The minimum absolute atomic E-state index is 0.0648. The summed E-state index contributed by atoms with van der Waals surface area (Å²) in [6.45, 7) is 0. The smallest absolute Gasteiger partial charge is 0.303 e. The minimum Gasteiger partial charge on any atom is -0.481 e. The zero-order valence-electron chi connectivity index (χ0n) is 11.4. The Bertz CT molecular complexity index is 651. The molecule has 0 unspecified atom stereocenters. The molecule has 5 nitrogen and oxygen atoms in total. The van der Waals surface area contributed by atoms with Gasteiger partial charge in [0, 0.05) is 23.4 Å². The van der Waals surface area contributed by atoms with Crippen molar-refractivity contribution in [1.29, 1.82) is 0 Å². The van der Waals surface area contributed by atoms with E-state index in [4.69, 9.17) is 10.8 Å².